The van der Waals surface area contributed by atoms with E-state index in [4.69, 9.17) is 4.74 Å². The Kier molecular flexibility index (Phi) is 6.13. The van der Waals surface area contributed by atoms with Crippen molar-refractivity contribution in [1.29, 1.82) is 0 Å². The average Bonchev–Trinajstić information content (AvgIpc) is 3.14. The molecule has 0 heterocycles. The van der Waals surface area contributed by atoms with E-state index in [9.17, 15) is 4.79 Å². The molecule has 0 aromatic rings. The van der Waals surface area contributed by atoms with Crippen LogP contribution >= 0.6 is 0 Å². The Morgan fingerprint density at radius 3 is 2.50 bits per heavy atom. The highest BCUT2D eigenvalue weighted by Crippen LogP contribution is 2.29. The summed E-state index contributed by atoms with van der Waals surface area (Å²) in [6, 6.07) is 1.12. The summed E-state index contributed by atoms with van der Waals surface area (Å²) in [5.74, 6) is 0.919. The summed E-state index contributed by atoms with van der Waals surface area (Å²) in [7, 11) is 0. The summed E-state index contributed by atoms with van der Waals surface area (Å²) < 4.78 is 5.53. The zero-order valence-electron chi connectivity index (χ0n) is 14.9. The van der Waals surface area contributed by atoms with Gasteiger partial charge in [-0.2, -0.15) is 0 Å². The van der Waals surface area contributed by atoms with Gasteiger partial charge in [0.05, 0.1) is 0 Å². The largest absolute Gasteiger partial charge is 0.444 e. The van der Waals surface area contributed by atoms with Crippen molar-refractivity contribution in [3.63, 3.8) is 0 Å². The maximum atomic E-state index is 12.3. The van der Waals surface area contributed by atoms with Crippen molar-refractivity contribution >= 4 is 6.09 Å². The number of rotatable bonds is 7. The van der Waals surface area contributed by atoms with Crippen LogP contribution in [0.2, 0.25) is 0 Å². The van der Waals surface area contributed by atoms with Gasteiger partial charge < -0.3 is 15.0 Å². The molecule has 1 N–H and O–H groups in total. The SMILES string of the molecule is CCC1CCC(NCCCN(C(=O)OC(C)(C)C)C2CC2)C1. The first-order valence-corrected chi connectivity index (χ1v) is 9.12. The molecule has 2 aliphatic carbocycles. The maximum absolute atomic E-state index is 12.3. The molecule has 2 unspecified atom stereocenters. The number of hydrogen-bond acceptors (Lipinski definition) is 3. The van der Waals surface area contributed by atoms with E-state index < -0.39 is 5.60 Å². The zero-order valence-corrected chi connectivity index (χ0v) is 14.9. The van der Waals surface area contributed by atoms with Gasteiger partial charge >= 0.3 is 6.09 Å². The van der Waals surface area contributed by atoms with Crippen LogP contribution in [0, 0.1) is 5.92 Å². The van der Waals surface area contributed by atoms with Crippen molar-refractivity contribution in [2.24, 2.45) is 5.92 Å². The lowest BCUT2D eigenvalue weighted by molar-refractivity contribution is 0.0231. The number of hydrogen-bond donors (Lipinski definition) is 1. The van der Waals surface area contributed by atoms with Gasteiger partial charge in [0, 0.05) is 18.6 Å². The molecule has 4 nitrogen and oxygen atoms in total. The zero-order chi connectivity index (χ0) is 16.2. The molecular weight excluding hydrogens is 276 g/mol. The first kappa shape index (κ1) is 17.6. The molecule has 0 spiro atoms. The van der Waals surface area contributed by atoms with Gasteiger partial charge in [0.2, 0.25) is 0 Å². The van der Waals surface area contributed by atoms with Crippen molar-refractivity contribution < 1.29 is 9.53 Å². The number of ether oxygens (including phenoxy) is 1. The second kappa shape index (κ2) is 7.67. The van der Waals surface area contributed by atoms with Crippen LogP contribution in [-0.2, 0) is 4.74 Å². The molecule has 0 saturated heterocycles. The Morgan fingerprint density at radius 2 is 1.95 bits per heavy atom. The van der Waals surface area contributed by atoms with Crippen LogP contribution in [0.3, 0.4) is 0 Å². The summed E-state index contributed by atoms with van der Waals surface area (Å²) in [6.45, 7) is 9.91. The molecule has 22 heavy (non-hydrogen) atoms. The second-order valence-electron chi connectivity index (χ2n) is 8.00. The van der Waals surface area contributed by atoms with E-state index in [1.54, 1.807) is 0 Å². The average molecular weight is 310 g/mol. The fourth-order valence-corrected chi connectivity index (χ4v) is 3.32. The predicted molar refractivity (Wildman–Crippen MR) is 90.0 cm³/mol. The quantitative estimate of drug-likeness (QED) is 0.724. The van der Waals surface area contributed by atoms with E-state index >= 15 is 0 Å². The fourth-order valence-electron chi connectivity index (χ4n) is 3.32. The lowest BCUT2D eigenvalue weighted by atomic mass is 10.1. The molecule has 2 atom stereocenters. The van der Waals surface area contributed by atoms with E-state index in [1.807, 2.05) is 25.7 Å². The van der Waals surface area contributed by atoms with E-state index in [1.165, 1.54) is 25.7 Å². The third-order valence-corrected chi connectivity index (χ3v) is 4.74. The van der Waals surface area contributed by atoms with Gasteiger partial charge in [-0.3, -0.25) is 0 Å². The van der Waals surface area contributed by atoms with Crippen LogP contribution in [0.25, 0.3) is 0 Å². The van der Waals surface area contributed by atoms with Gasteiger partial charge in [0.1, 0.15) is 5.60 Å². The van der Waals surface area contributed by atoms with Crippen LogP contribution in [0.1, 0.15) is 72.6 Å². The molecule has 0 aliphatic heterocycles. The second-order valence-corrected chi connectivity index (χ2v) is 8.00. The lowest BCUT2D eigenvalue weighted by Crippen LogP contribution is -2.40. The van der Waals surface area contributed by atoms with E-state index in [2.05, 4.69) is 12.2 Å². The first-order chi connectivity index (χ1) is 10.4. The number of amides is 1. The van der Waals surface area contributed by atoms with Gasteiger partial charge in [-0.1, -0.05) is 13.3 Å². The summed E-state index contributed by atoms with van der Waals surface area (Å²) >= 11 is 0. The highest BCUT2D eigenvalue weighted by atomic mass is 16.6. The first-order valence-electron chi connectivity index (χ1n) is 9.12. The monoisotopic (exact) mass is 310 g/mol. The number of nitrogens with one attached hydrogen (secondary N) is 1. The molecule has 2 rings (SSSR count). The van der Waals surface area contributed by atoms with E-state index in [-0.39, 0.29) is 6.09 Å². The number of carbonyl (C=O) groups is 1. The van der Waals surface area contributed by atoms with Crippen LogP contribution in [0.15, 0.2) is 0 Å². The van der Waals surface area contributed by atoms with Crippen LogP contribution in [-0.4, -0.2) is 41.8 Å². The summed E-state index contributed by atoms with van der Waals surface area (Å²) in [5.41, 5.74) is -0.401. The van der Waals surface area contributed by atoms with Crippen LogP contribution in [0.5, 0.6) is 0 Å². The van der Waals surface area contributed by atoms with Crippen LogP contribution in [0.4, 0.5) is 4.79 Å². The highest BCUT2D eigenvalue weighted by Gasteiger charge is 2.34. The Bertz CT molecular complexity index is 361. The van der Waals surface area contributed by atoms with Crippen LogP contribution < -0.4 is 5.32 Å². The van der Waals surface area contributed by atoms with Gasteiger partial charge in [0.15, 0.2) is 0 Å². The lowest BCUT2D eigenvalue weighted by Gasteiger charge is -2.27. The van der Waals surface area contributed by atoms with Gasteiger partial charge in [-0.05, 0) is 71.8 Å². The maximum Gasteiger partial charge on any atom is 0.410 e. The molecule has 4 heteroatoms. The van der Waals surface area contributed by atoms with Gasteiger partial charge in [-0.25, -0.2) is 4.79 Å². The van der Waals surface area contributed by atoms with Crippen molar-refractivity contribution in [2.75, 3.05) is 13.1 Å². The standard InChI is InChI=1S/C18H34N2O2/c1-5-14-7-8-15(13-14)19-11-6-12-20(16-9-10-16)17(21)22-18(2,3)4/h14-16,19H,5-13H2,1-4H3. The highest BCUT2D eigenvalue weighted by molar-refractivity contribution is 5.69. The minimum Gasteiger partial charge on any atom is -0.444 e. The van der Waals surface area contributed by atoms with Gasteiger partial charge in [-0.15, -0.1) is 0 Å². The Hall–Kier alpha value is -0.770. The molecule has 0 aromatic carbocycles. The smallest absolute Gasteiger partial charge is 0.410 e. The van der Waals surface area contributed by atoms with Crippen molar-refractivity contribution in [1.82, 2.24) is 10.2 Å². The Morgan fingerprint density at radius 1 is 1.23 bits per heavy atom. The van der Waals surface area contributed by atoms with Gasteiger partial charge in [0.25, 0.3) is 0 Å². The minimum absolute atomic E-state index is 0.137. The molecule has 0 bridgehead atoms. The number of carbonyl (C=O) groups excluding carboxylic acids is 1. The molecule has 1 amide bonds. The fraction of sp³-hybridized carbons (Fsp3) is 0.944. The van der Waals surface area contributed by atoms with Crippen molar-refractivity contribution in [3.8, 4) is 0 Å². The molecule has 2 fully saturated rings. The topological polar surface area (TPSA) is 41.6 Å². The van der Waals surface area contributed by atoms with Crippen molar-refractivity contribution in [3.05, 3.63) is 0 Å². The number of nitrogens with zero attached hydrogens (tertiary/aromatic N) is 1. The van der Waals surface area contributed by atoms with Crippen molar-refractivity contribution in [2.45, 2.75) is 90.3 Å². The summed E-state index contributed by atoms with van der Waals surface area (Å²) in [4.78, 5) is 14.2. The molecular formula is C18H34N2O2. The third-order valence-electron chi connectivity index (χ3n) is 4.74. The summed E-state index contributed by atoms with van der Waals surface area (Å²) in [6.07, 6.45) is 8.48. The Balaban J connectivity index is 1.66. The minimum atomic E-state index is -0.401. The summed E-state index contributed by atoms with van der Waals surface area (Å²) in [5, 5.41) is 3.67. The molecule has 0 aromatic heterocycles. The third kappa shape index (κ3) is 5.79. The molecule has 128 valence electrons. The molecule has 2 saturated carbocycles. The Labute approximate surface area is 136 Å². The van der Waals surface area contributed by atoms with E-state index in [0.29, 0.717) is 12.1 Å². The van der Waals surface area contributed by atoms with E-state index in [0.717, 1.165) is 38.3 Å². The predicted octanol–water partition coefficient (Wildman–Crippen LogP) is 3.94. The molecule has 0 radical (unpaired) electrons. The normalized spacial score (nSPS) is 25.3. The molecule has 2 aliphatic rings.